The summed E-state index contributed by atoms with van der Waals surface area (Å²) in [6.45, 7) is 13.8. The Morgan fingerprint density at radius 2 is 1.89 bits per heavy atom. The average Bonchev–Trinajstić information content (AvgIpc) is 3.66. The number of aryl methyl sites for hydroxylation is 1. The van der Waals surface area contributed by atoms with Crippen LogP contribution in [0.2, 0.25) is 0 Å². The van der Waals surface area contributed by atoms with Gasteiger partial charge in [-0.3, -0.25) is 0 Å². The summed E-state index contributed by atoms with van der Waals surface area (Å²) >= 11 is 0. The summed E-state index contributed by atoms with van der Waals surface area (Å²) in [5, 5.41) is 7.01. The second-order valence-corrected chi connectivity index (χ2v) is 10.1. The average molecular weight is 522 g/mol. The predicted octanol–water partition coefficient (Wildman–Crippen LogP) is 5.80. The highest BCUT2D eigenvalue weighted by Crippen LogP contribution is 2.35. The van der Waals surface area contributed by atoms with Crippen molar-refractivity contribution in [2.24, 2.45) is 5.92 Å². The maximum Gasteiger partial charge on any atom is 0.326 e. The number of anilines is 2. The van der Waals surface area contributed by atoms with Crippen molar-refractivity contribution in [3.05, 3.63) is 59.8 Å². The standard InChI is InChI=1S/C26H32FN7O.C3H8/c1-16-13-19-20(29-16)7-8-22(25(19)27)35-26-31-23(30-17(2)14-21(28-3)18-5-6-18)15-24(32-26)34-11-9-33(4)10-12-34;1-3-2/h7-8,13-15,18,28-29H,2,5-6,9-12H2,1,3-4H3,(H,30,31,32);3H2,1-2H3/b21-14-;. The number of H-pyrrole nitrogens is 1. The van der Waals surface area contributed by atoms with Crippen LogP contribution in [0.5, 0.6) is 11.8 Å². The third-order valence-electron chi connectivity index (χ3n) is 6.48. The van der Waals surface area contributed by atoms with Crippen LogP contribution in [0.4, 0.5) is 16.0 Å². The first-order chi connectivity index (χ1) is 18.3. The molecule has 1 aliphatic heterocycles. The van der Waals surface area contributed by atoms with Crippen molar-refractivity contribution in [3.8, 4) is 11.8 Å². The third kappa shape index (κ3) is 6.83. The Balaban J connectivity index is 0.00000107. The number of aromatic nitrogens is 3. The van der Waals surface area contributed by atoms with Gasteiger partial charge in [-0.25, -0.2) is 4.39 Å². The van der Waals surface area contributed by atoms with Crippen LogP contribution in [-0.4, -0.2) is 60.1 Å². The molecule has 1 aliphatic carbocycles. The van der Waals surface area contributed by atoms with E-state index in [-0.39, 0.29) is 11.8 Å². The van der Waals surface area contributed by atoms with Gasteiger partial charge in [-0.2, -0.15) is 9.97 Å². The first kappa shape index (κ1) is 27.4. The number of rotatable bonds is 8. The van der Waals surface area contributed by atoms with Gasteiger partial charge in [0.05, 0.1) is 0 Å². The Morgan fingerprint density at radius 3 is 2.55 bits per heavy atom. The summed E-state index contributed by atoms with van der Waals surface area (Å²) in [5.41, 5.74) is 3.48. The van der Waals surface area contributed by atoms with Gasteiger partial charge in [-0.1, -0.05) is 26.8 Å². The largest absolute Gasteiger partial charge is 0.421 e. The van der Waals surface area contributed by atoms with Crippen molar-refractivity contribution in [1.82, 2.24) is 25.2 Å². The molecule has 0 amide bonds. The zero-order chi connectivity index (χ0) is 27.2. The number of nitrogens with zero attached hydrogens (tertiary/aromatic N) is 4. The highest BCUT2D eigenvalue weighted by Gasteiger charge is 2.25. The monoisotopic (exact) mass is 521 g/mol. The number of nitrogens with one attached hydrogen (secondary N) is 3. The van der Waals surface area contributed by atoms with Gasteiger partial charge in [-0.15, -0.1) is 0 Å². The molecule has 204 valence electrons. The van der Waals surface area contributed by atoms with Crippen LogP contribution in [0, 0.1) is 18.7 Å². The fourth-order valence-corrected chi connectivity index (χ4v) is 4.36. The van der Waals surface area contributed by atoms with Crippen molar-refractivity contribution in [3.63, 3.8) is 0 Å². The molecule has 0 spiro atoms. The molecule has 3 heterocycles. The second kappa shape index (κ2) is 12.3. The number of ether oxygens (including phenoxy) is 1. The lowest BCUT2D eigenvalue weighted by atomic mass is 10.2. The highest BCUT2D eigenvalue weighted by molar-refractivity contribution is 5.82. The molecule has 3 aromatic rings. The number of hydrogen-bond donors (Lipinski definition) is 3. The van der Waals surface area contributed by atoms with Crippen LogP contribution in [-0.2, 0) is 0 Å². The van der Waals surface area contributed by atoms with Gasteiger partial charge < -0.3 is 30.2 Å². The number of likely N-dealkylation sites (N-methyl/N-ethyl adjacent to an activating group) is 1. The lowest BCUT2D eigenvalue weighted by Crippen LogP contribution is -2.44. The number of aromatic amines is 1. The van der Waals surface area contributed by atoms with Crippen molar-refractivity contribution in [2.75, 3.05) is 50.5 Å². The molecule has 0 bridgehead atoms. The number of hydrogen-bond acceptors (Lipinski definition) is 7. The van der Waals surface area contributed by atoms with Gasteiger partial charge in [0.1, 0.15) is 11.6 Å². The SMILES string of the molecule is C=C(/C=C(\NC)C1CC1)Nc1cc(N2CCN(C)CC2)nc(Oc2ccc3[nH]c(C)cc3c2F)n1.CCC. The zero-order valence-electron chi connectivity index (χ0n) is 23.2. The van der Waals surface area contributed by atoms with E-state index in [9.17, 15) is 0 Å². The van der Waals surface area contributed by atoms with Crippen molar-refractivity contribution in [1.29, 1.82) is 0 Å². The van der Waals surface area contributed by atoms with Gasteiger partial charge in [-0.05, 0) is 57.0 Å². The molecule has 0 radical (unpaired) electrons. The molecule has 8 nitrogen and oxygen atoms in total. The Morgan fingerprint density at radius 1 is 1.18 bits per heavy atom. The molecule has 38 heavy (non-hydrogen) atoms. The molecule has 2 aliphatic rings. The number of allylic oxidation sites excluding steroid dienone is 2. The maximum atomic E-state index is 15.2. The molecule has 2 aromatic heterocycles. The van der Waals surface area contributed by atoms with E-state index in [1.807, 2.05) is 26.1 Å². The Bertz CT molecular complexity index is 1290. The van der Waals surface area contributed by atoms with E-state index in [0.29, 0.717) is 22.8 Å². The lowest BCUT2D eigenvalue weighted by Gasteiger charge is -2.33. The smallest absolute Gasteiger partial charge is 0.326 e. The molecule has 9 heteroatoms. The van der Waals surface area contributed by atoms with Gasteiger partial charge >= 0.3 is 6.01 Å². The van der Waals surface area contributed by atoms with E-state index in [1.165, 1.54) is 19.3 Å². The maximum absolute atomic E-state index is 15.2. The quantitative estimate of drug-likeness (QED) is 0.323. The molecule has 2 fully saturated rings. The highest BCUT2D eigenvalue weighted by atomic mass is 19.1. The van der Waals surface area contributed by atoms with Crippen molar-refractivity contribution >= 4 is 22.5 Å². The zero-order valence-corrected chi connectivity index (χ0v) is 23.2. The molecular formula is C29H40FN7O. The summed E-state index contributed by atoms with van der Waals surface area (Å²) < 4.78 is 21.1. The minimum Gasteiger partial charge on any atom is -0.421 e. The summed E-state index contributed by atoms with van der Waals surface area (Å²) in [6.07, 6.45) is 5.64. The van der Waals surface area contributed by atoms with Crippen molar-refractivity contribution < 1.29 is 9.13 Å². The minimum absolute atomic E-state index is 0.0854. The molecule has 5 rings (SSSR count). The summed E-state index contributed by atoms with van der Waals surface area (Å²) in [5.74, 6) is 1.50. The van der Waals surface area contributed by atoms with E-state index < -0.39 is 5.82 Å². The summed E-state index contributed by atoms with van der Waals surface area (Å²) in [7, 11) is 4.03. The van der Waals surface area contributed by atoms with Crippen molar-refractivity contribution in [2.45, 2.75) is 40.0 Å². The van der Waals surface area contributed by atoms with Crippen LogP contribution < -0.4 is 20.3 Å². The molecular weight excluding hydrogens is 481 g/mol. The fraction of sp³-hybridized carbons (Fsp3) is 0.448. The van der Waals surface area contributed by atoms with Crippen LogP contribution in [0.25, 0.3) is 10.9 Å². The van der Waals surface area contributed by atoms with E-state index >= 15 is 4.39 Å². The number of benzene rings is 1. The molecule has 3 N–H and O–H groups in total. The fourth-order valence-electron chi connectivity index (χ4n) is 4.36. The van der Waals surface area contributed by atoms with Crippen LogP contribution in [0.1, 0.15) is 38.8 Å². The number of fused-ring (bicyclic) bond motifs is 1. The normalized spacial score (nSPS) is 16.2. The number of halogens is 1. The first-order valence-electron chi connectivity index (χ1n) is 13.4. The van der Waals surface area contributed by atoms with Crippen LogP contribution in [0.15, 0.2) is 48.3 Å². The van der Waals surface area contributed by atoms with E-state index in [2.05, 4.69) is 62.9 Å². The van der Waals surface area contributed by atoms with Gasteiger partial charge in [0.25, 0.3) is 0 Å². The Labute approximate surface area is 225 Å². The van der Waals surface area contributed by atoms with Gasteiger partial charge in [0, 0.05) is 67.3 Å². The third-order valence-corrected chi connectivity index (χ3v) is 6.48. The molecule has 1 saturated carbocycles. The number of piperazine rings is 1. The van der Waals surface area contributed by atoms with E-state index in [4.69, 9.17) is 4.74 Å². The van der Waals surface area contributed by atoms with E-state index in [0.717, 1.165) is 48.9 Å². The van der Waals surface area contributed by atoms with E-state index in [1.54, 1.807) is 18.2 Å². The molecule has 1 aromatic carbocycles. The topological polar surface area (TPSA) is 81.3 Å². The lowest BCUT2D eigenvalue weighted by molar-refractivity contribution is 0.311. The second-order valence-electron chi connectivity index (χ2n) is 10.1. The Kier molecular flexibility index (Phi) is 8.89. The van der Waals surface area contributed by atoms with Gasteiger partial charge in [0.15, 0.2) is 11.6 Å². The summed E-state index contributed by atoms with van der Waals surface area (Å²) in [4.78, 5) is 16.8. The minimum atomic E-state index is -0.439. The van der Waals surface area contributed by atoms with Crippen LogP contribution in [0.3, 0.4) is 0 Å². The molecule has 0 unspecified atom stereocenters. The van der Waals surface area contributed by atoms with Crippen LogP contribution >= 0.6 is 0 Å². The first-order valence-corrected chi connectivity index (χ1v) is 13.4. The summed E-state index contributed by atoms with van der Waals surface area (Å²) in [6, 6.07) is 7.14. The Hall–Kier alpha value is -3.59. The van der Waals surface area contributed by atoms with Gasteiger partial charge in [0.2, 0.25) is 0 Å². The predicted molar refractivity (Wildman–Crippen MR) is 153 cm³/mol. The molecule has 1 saturated heterocycles. The molecule has 0 atom stereocenters.